The lowest BCUT2D eigenvalue weighted by atomic mass is 9.94. The fraction of sp³-hybridized carbons (Fsp3) is 0.462. The van der Waals surface area contributed by atoms with Gasteiger partial charge in [-0.1, -0.05) is 24.3 Å². The van der Waals surface area contributed by atoms with Gasteiger partial charge in [-0.2, -0.15) is 0 Å². The number of hydrogen-bond donors (Lipinski definition) is 1. The summed E-state index contributed by atoms with van der Waals surface area (Å²) in [5, 5.41) is 9.27. The predicted octanol–water partition coefficient (Wildman–Crippen LogP) is 0.542. The largest absolute Gasteiger partial charge is 0.480 e. The van der Waals surface area contributed by atoms with Gasteiger partial charge in [0, 0.05) is 19.3 Å². The van der Waals surface area contributed by atoms with Crippen LogP contribution in [0.5, 0.6) is 0 Å². The molecular weight excluding hydrogens is 266 g/mol. The molecule has 0 bridgehead atoms. The molecule has 1 aromatic carbocycles. The van der Waals surface area contributed by atoms with Crippen molar-refractivity contribution >= 4 is 15.8 Å². The first-order chi connectivity index (χ1) is 8.87. The lowest BCUT2D eigenvalue weighted by Gasteiger charge is -2.34. The molecule has 0 radical (unpaired) electrons. The molecule has 0 saturated carbocycles. The van der Waals surface area contributed by atoms with Crippen molar-refractivity contribution in [1.82, 2.24) is 4.90 Å². The Kier molecular flexibility index (Phi) is 3.91. The van der Waals surface area contributed by atoms with Gasteiger partial charge in [-0.3, -0.25) is 9.69 Å². The zero-order chi connectivity index (χ0) is 14.0. The number of carboxylic acids is 1. The van der Waals surface area contributed by atoms with Crippen LogP contribution in [0.15, 0.2) is 24.3 Å². The van der Waals surface area contributed by atoms with Gasteiger partial charge in [-0.05, 0) is 17.5 Å². The molecule has 0 saturated heterocycles. The molecule has 1 N–H and O–H groups in total. The number of carbonyl (C=O) groups is 1. The van der Waals surface area contributed by atoms with Gasteiger partial charge >= 0.3 is 5.97 Å². The summed E-state index contributed by atoms with van der Waals surface area (Å²) in [5.74, 6) is -0.915. The van der Waals surface area contributed by atoms with Crippen molar-refractivity contribution in [2.75, 3.05) is 18.6 Å². The molecule has 6 heteroatoms. The topological polar surface area (TPSA) is 74.7 Å². The molecule has 0 spiro atoms. The van der Waals surface area contributed by atoms with E-state index in [1.54, 1.807) is 4.90 Å². The van der Waals surface area contributed by atoms with Crippen molar-refractivity contribution in [3.05, 3.63) is 35.4 Å². The van der Waals surface area contributed by atoms with Gasteiger partial charge < -0.3 is 5.11 Å². The monoisotopic (exact) mass is 283 g/mol. The molecule has 1 heterocycles. The Morgan fingerprint density at radius 3 is 2.58 bits per heavy atom. The van der Waals surface area contributed by atoms with Crippen LogP contribution >= 0.6 is 0 Å². The van der Waals surface area contributed by atoms with Crippen LogP contribution in [0, 0.1) is 0 Å². The molecule has 0 aromatic heterocycles. The Labute approximate surface area is 112 Å². The predicted molar refractivity (Wildman–Crippen MR) is 71.7 cm³/mol. The van der Waals surface area contributed by atoms with Crippen LogP contribution in [0.1, 0.15) is 11.1 Å². The highest BCUT2D eigenvalue weighted by atomic mass is 32.2. The molecule has 2 rings (SSSR count). The zero-order valence-corrected chi connectivity index (χ0v) is 11.6. The van der Waals surface area contributed by atoms with Gasteiger partial charge in [-0.25, -0.2) is 8.42 Å². The van der Waals surface area contributed by atoms with Crippen LogP contribution in [-0.2, 0) is 27.6 Å². The maximum absolute atomic E-state index is 11.3. The molecule has 0 fully saturated rings. The number of sulfone groups is 1. The minimum atomic E-state index is -3.08. The van der Waals surface area contributed by atoms with Crippen molar-refractivity contribution in [1.29, 1.82) is 0 Å². The first-order valence-corrected chi connectivity index (χ1v) is 8.14. The first-order valence-electron chi connectivity index (χ1n) is 6.08. The van der Waals surface area contributed by atoms with E-state index < -0.39 is 21.8 Å². The molecule has 0 amide bonds. The van der Waals surface area contributed by atoms with E-state index in [9.17, 15) is 18.3 Å². The molecule has 1 aliphatic heterocycles. The second-order valence-electron chi connectivity index (χ2n) is 4.93. The molecular formula is C13H17NO4S. The van der Waals surface area contributed by atoms with Gasteiger partial charge in [0.1, 0.15) is 15.9 Å². The lowest BCUT2D eigenvalue weighted by Crippen LogP contribution is -2.47. The Bertz CT molecular complexity index is 582. The molecule has 19 heavy (non-hydrogen) atoms. The number of nitrogens with zero attached hydrogens (tertiary/aromatic N) is 1. The highest BCUT2D eigenvalue weighted by molar-refractivity contribution is 7.90. The fourth-order valence-corrected chi connectivity index (χ4v) is 2.90. The smallest absolute Gasteiger partial charge is 0.321 e. The maximum atomic E-state index is 11.3. The van der Waals surface area contributed by atoms with E-state index in [1.807, 2.05) is 24.3 Å². The van der Waals surface area contributed by atoms with E-state index >= 15 is 0 Å². The number of carboxylic acid groups (broad SMARTS) is 1. The average Bonchev–Trinajstić information content (AvgIpc) is 2.34. The second-order valence-corrected chi connectivity index (χ2v) is 7.19. The van der Waals surface area contributed by atoms with Crippen LogP contribution in [0.25, 0.3) is 0 Å². The van der Waals surface area contributed by atoms with Crippen LogP contribution in [0.4, 0.5) is 0 Å². The van der Waals surface area contributed by atoms with Crippen molar-refractivity contribution in [2.24, 2.45) is 0 Å². The Morgan fingerprint density at radius 2 is 2.00 bits per heavy atom. The van der Waals surface area contributed by atoms with E-state index in [0.717, 1.165) is 11.1 Å². The summed E-state index contributed by atoms with van der Waals surface area (Å²) in [7, 11) is -3.08. The Hall–Kier alpha value is -1.40. The number of benzene rings is 1. The third-order valence-corrected chi connectivity index (χ3v) is 4.30. The number of aliphatic carboxylic acids is 1. The van der Waals surface area contributed by atoms with Crippen molar-refractivity contribution in [3.63, 3.8) is 0 Å². The number of rotatable bonds is 4. The summed E-state index contributed by atoms with van der Waals surface area (Å²) < 4.78 is 22.4. The summed E-state index contributed by atoms with van der Waals surface area (Å²) in [5.41, 5.74) is 2.11. The average molecular weight is 283 g/mol. The Morgan fingerprint density at radius 1 is 1.37 bits per heavy atom. The summed E-state index contributed by atoms with van der Waals surface area (Å²) in [6, 6.07) is 7.05. The third-order valence-electron chi connectivity index (χ3n) is 3.38. The molecule has 1 aromatic rings. The first kappa shape index (κ1) is 14.0. The summed E-state index contributed by atoms with van der Waals surface area (Å²) in [6.07, 6.45) is 1.59. The van der Waals surface area contributed by atoms with Crippen LogP contribution < -0.4 is 0 Å². The molecule has 1 aliphatic rings. The highest BCUT2D eigenvalue weighted by Crippen LogP contribution is 2.23. The minimum absolute atomic E-state index is 0.0149. The van der Waals surface area contributed by atoms with Crippen LogP contribution in [-0.4, -0.2) is 49.0 Å². The Balaban J connectivity index is 2.19. The lowest BCUT2D eigenvalue weighted by molar-refractivity contribution is -0.143. The molecule has 104 valence electrons. The highest BCUT2D eigenvalue weighted by Gasteiger charge is 2.31. The third kappa shape index (κ3) is 3.54. The fourth-order valence-electron chi connectivity index (χ4n) is 2.34. The standard InChI is InChI=1S/C13H17NO4S/c1-19(17,18)7-6-14-9-11-5-3-2-4-10(11)8-12(14)13(15)16/h2-5,12H,6-9H2,1H3,(H,15,16). The molecule has 5 nitrogen and oxygen atoms in total. The number of hydrogen-bond acceptors (Lipinski definition) is 4. The van der Waals surface area contributed by atoms with Crippen LogP contribution in [0.2, 0.25) is 0 Å². The van der Waals surface area contributed by atoms with Crippen molar-refractivity contribution in [2.45, 2.75) is 19.0 Å². The van der Waals surface area contributed by atoms with E-state index in [4.69, 9.17) is 0 Å². The van der Waals surface area contributed by atoms with Crippen molar-refractivity contribution in [3.8, 4) is 0 Å². The maximum Gasteiger partial charge on any atom is 0.321 e. The summed E-state index contributed by atoms with van der Waals surface area (Å²) >= 11 is 0. The van der Waals surface area contributed by atoms with E-state index in [2.05, 4.69) is 0 Å². The zero-order valence-electron chi connectivity index (χ0n) is 10.7. The quantitative estimate of drug-likeness (QED) is 0.873. The molecule has 1 atom stereocenters. The van der Waals surface area contributed by atoms with Gasteiger partial charge in [0.25, 0.3) is 0 Å². The molecule has 1 unspecified atom stereocenters. The normalized spacial score (nSPS) is 19.9. The van der Waals surface area contributed by atoms with Gasteiger partial charge in [0.05, 0.1) is 5.75 Å². The van der Waals surface area contributed by atoms with E-state index in [-0.39, 0.29) is 12.3 Å². The van der Waals surface area contributed by atoms with Crippen molar-refractivity contribution < 1.29 is 18.3 Å². The summed E-state index contributed by atoms with van der Waals surface area (Å²) in [6.45, 7) is 0.743. The summed E-state index contributed by atoms with van der Waals surface area (Å²) in [4.78, 5) is 13.0. The van der Waals surface area contributed by atoms with Gasteiger partial charge in [0.2, 0.25) is 0 Å². The van der Waals surface area contributed by atoms with E-state index in [0.29, 0.717) is 13.0 Å². The van der Waals surface area contributed by atoms with E-state index in [1.165, 1.54) is 6.26 Å². The number of fused-ring (bicyclic) bond motifs is 1. The minimum Gasteiger partial charge on any atom is -0.480 e. The van der Waals surface area contributed by atoms with Gasteiger partial charge in [0.15, 0.2) is 0 Å². The SMILES string of the molecule is CS(=O)(=O)CCN1Cc2ccccc2CC1C(=O)O. The van der Waals surface area contributed by atoms with Gasteiger partial charge in [-0.15, -0.1) is 0 Å². The molecule has 0 aliphatic carbocycles. The van der Waals surface area contributed by atoms with Crippen LogP contribution in [0.3, 0.4) is 0 Å². The second kappa shape index (κ2) is 5.30.